The van der Waals surface area contributed by atoms with Crippen LogP contribution >= 0.6 is 0 Å². The third-order valence-electron chi connectivity index (χ3n) is 7.81. The number of anilines is 2. The molecule has 0 saturated carbocycles. The Labute approximate surface area is 303 Å². The fourth-order valence-corrected chi connectivity index (χ4v) is 6.85. The lowest BCUT2D eigenvalue weighted by molar-refractivity contribution is -0.126. The molecule has 0 radical (unpaired) electrons. The van der Waals surface area contributed by atoms with E-state index >= 15 is 0 Å². The van der Waals surface area contributed by atoms with Gasteiger partial charge in [-0.05, 0) is 61.0 Å². The third kappa shape index (κ3) is 9.53. The largest absolute Gasteiger partial charge is 0.480 e. The third-order valence-corrected chi connectivity index (χ3v) is 10.1. The fraction of sp³-hybridized carbons (Fsp3) is 0.171. The molecule has 0 spiro atoms. The van der Waals surface area contributed by atoms with Crippen molar-refractivity contribution in [2.75, 3.05) is 42.9 Å². The highest BCUT2D eigenvalue weighted by Gasteiger charge is 2.24. The van der Waals surface area contributed by atoms with Gasteiger partial charge in [0, 0.05) is 55.5 Å². The Kier molecular flexibility index (Phi) is 11.7. The first-order valence-electron chi connectivity index (χ1n) is 15.7. The number of rotatable bonds is 9. The number of hydrogen-bond donors (Lipinski definition) is 2. The van der Waals surface area contributed by atoms with Gasteiger partial charge in [0.1, 0.15) is 34.4 Å². The molecule has 2 aromatic heterocycles. The number of fused-ring (bicyclic) bond motifs is 1. The van der Waals surface area contributed by atoms with Crippen LogP contribution in [0.2, 0.25) is 0 Å². The summed E-state index contributed by atoms with van der Waals surface area (Å²) in [6, 6.07) is 16.5. The van der Waals surface area contributed by atoms with Gasteiger partial charge in [-0.3, -0.25) is 18.9 Å². The van der Waals surface area contributed by atoms with Crippen LogP contribution in [0.3, 0.4) is 0 Å². The van der Waals surface area contributed by atoms with Crippen LogP contribution in [0, 0.1) is 11.6 Å². The summed E-state index contributed by atoms with van der Waals surface area (Å²) >= 11 is 0. The summed E-state index contributed by atoms with van der Waals surface area (Å²) in [5, 5.41) is 0.725. The lowest BCUT2D eigenvalue weighted by Gasteiger charge is -2.35. The van der Waals surface area contributed by atoms with Crippen LogP contribution in [0.1, 0.15) is 6.92 Å². The number of hydrogen-bond acceptors (Lipinski definition) is 11. The summed E-state index contributed by atoms with van der Waals surface area (Å²) in [4.78, 5) is 39.5. The first-order chi connectivity index (χ1) is 25.2. The molecule has 276 valence electrons. The quantitative estimate of drug-likeness (QED) is 0.158. The number of piperazine rings is 1. The van der Waals surface area contributed by atoms with E-state index in [4.69, 9.17) is 9.29 Å². The monoisotopic (exact) mass is 766 g/mol. The molecule has 0 atom stereocenters. The highest BCUT2D eigenvalue weighted by Crippen LogP contribution is 2.33. The number of allylic oxidation sites excluding steroid dienone is 1. The Morgan fingerprint density at radius 2 is 1.58 bits per heavy atom. The van der Waals surface area contributed by atoms with Crippen LogP contribution in [0.4, 0.5) is 20.3 Å². The minimum absolute atomic E-state index is 0.0482. The number of nitrogens with one attached hydrogen (secondary N) is 1. The second-order valence-electron chi connectivity index (χ2n) is 11.4. The van der Waals surface area contributed by atoms with Gasteiger partial charge in [-0.2, -0.15) is 8.42 Å². The van der Waals surface area contributed by atoms with Crippen molar-refractivity contribution in [3.05, 3.63) is 109 Å². The Morgan fingerprint density at radius 1 is 0.868 bits per heavy atom. The standard InChI is InChI=1S/C29H26F2N6O5S.C6H6O3S/c1-18(38)3-8-27(39)36-9-11-37(12-10-36)28-22-13-19(4-6-24(22)33-17-34-28)20-14-25(29(42-2)32-16-20)35-43(40,41)26-7-5-21(30)15-23(26)31;7-10(8,9)6-4-2-1-3-5-6/h3-8,13-17,35H,9-12H2,1-2H3;1-5H,(H,7,8,9)/b8-3+;. The van der Waals surface area contributed by atoms with Crippen molar-refractivity contribution < 1.29 is 44.5 Å². The SMILES string of the molecule is COc1ncc(-c2ccc3ncnc(N4CCN(C(=O)/C=C/C(C)=O)CC4)c3c2)cc1NS(=O)(=O)c1ccc(F)cc1F.O=S(=O)(O)c1ccccc1. The second kappa shape index (κ2) is 16.2. The zero-order chi connectivity index (χ0) is 38.3. The lowest BCUT2D eigenvalue weighted by atomic mass is 10.0. The van der Waals surface area contributed by atoms with Crippen molar-refractivity contribution >= 4 is 54.2 Å². The molecule has 14 nitrogen and oxygen atoms in total. The molecule has 5 aromatic rings. The number of halogens is 2. The summed E-state index contributed by atoms with van der Waals surface area (Å²) in [6.07, 6.45) is 5.48. The molecule has 3 heterocycles. The average Bonchev–Trinajstić information content (AvgIpc) is 3.13. The Morgan fingerprint density at radius 3 is 2.21 bits per heavy atom. The van der Waals surface area contributed by atoms with Crippen molar-refractivity contribution in [3.8, 4) is 17.0 Å². The van der Waals surface area contributed by atoms with Crippen LogP contribution in [0.15, 0.2) is 107 Å². The number of ketones is 1. The normalized spacial score (nSPS) is 13.4. The van der Waals surface area contributed by atoms with Crippen molar-refractivity contribution in [3.63, 3.8) is 0 Å². The minimum Gasteiger partial charge on any atom is -0.480 e. The smallest absolute Gasteiger partial charge is 0.294 e. The van der Waals surface area contributed by atoms with Crippen molar-refractivity contribution in [1.29, 1.82) is 0 Å². The number of sulfonamides is 1. The molecule has 3 aromatic carbocycles. The summed E-state index contributed by atoms with van der Waals surface area (Å²) < 4.78 is 90.3. The van der Waals surface area contributed by atoms with Gasteiger partial charge < -0.3 is 14.5 Å². The zero-order valence-corrected chi connectivity index (χ0v) is 29.8. The molecule has 18 heteroatoms. The van der Waals surface area contributed by atoms with Crippen LogP contribution in [0.5, 0.6) is 5.88 Å². The van der Waals surface area contributed by atoms with Gasteiger partial charge in [0.25, 0.3) is 20.1 Å². The molecular weight excluding hydrogens is 735 g/mol. The maximum atomic E-state index is 14.3. The first kappa shape index (κ1) is 38.4. The van der Waals surface area contributed by atoms with Crippen molar-refractivity contribution in [2.24, 2.45) is 0 Å². The van der Waals surface area contributed by atoms with Crippen LogP contribution in [0.25, 0.3) is 22.0 Å². The summed E-state index contributed by atoms with van der Waals surface area (Å²) in [7, 11) is -7.15. The molecule has 1 aliphatic rings. The Bertz CT molecular complexity index is 2410. The number of amides is 1. The number of carbonyl (C=O) groups is 2. The first-order valence-corrected chi connectivity index (χ1v) is 18.6. The molecule has 1 saturated heterocycles. The van der Waals surface area contributed by atoms with Gasteiger partial charge in [0.05, 0.1) is 17.5 Å². The van der Waals surface area contributed by atoms with Crippen LogP contribution < -0.4 is 14.4 Å². The van der Waals surface area contributed by atoms with E-state index in [1.165, 1.54) is 56.9 Å². The number of methoxy groups -OCH3 is 1. The molecule has 53 heavy (non-hydrogen) atoms. The predicted molar refractivity (Wildman–Crippen MR) is 191 cm³/mol. The van der Waals surface area contributed by atoms with Crippen molar-refractivity contribution in [1.82, 2.24) is 19.9 Å². The lowest BCUT2D eigenvalue weighted by Crippen LogP contribution is -2.48. The van der Waals surface area contributed by atoms with Crippen molar-refractivity contribution in [2.45, 2.75) is 16.7 Å². The average molecular weight is 767 g/mol. The molecule has 1 aliphatic heterocycles. The Hall–Kier alpha value is -5.85. The molecule has 6 rings (SSSR count). The minimum atomic E-state index is -4.45. The fourth-order valence-electron chi connectivity index (χ4n) is 5.24. The van der Waals surface area contributed by atoms with Gasteiger partial charge in [0.15, 0.2) is 5.78 Å². The van der Waals surface area contributed by atoms with Gasteiger partial charge in [-0.25, -0.2) is 32.2 Å². The predicted octanol–water partition coefficient (Wildman–Crippen LogP) is 4.51. The van der Waals surface area contributed by atoms with Gasteiger partial charge in [0.2, 0.25) is 11.8 Å². The molecule has 0 aliphatic carbocycles. The molecule has 1 fully saturated rings. The van der Waals surface area contributed by atoms with E-state index < -0.39 is 36.7 Å². The number of ether oxygens (including phenoxy) is 1. The van der Waals surface area contributed by atoms with Crippen LogP contribution in [-0.2, 0) is 29.7 Å². The molecule has 2 N–H and O–H groups in total. The van der Waals surface area contributed by atoms with Gasteiger partial charge in [-0.15, -0.1) is 0 Å². The van der Waals surface area contributed by atoms with E-state index in [1.807, 2.05) is 11.0 Å². The van der Waals surface area contributed by atoms with E-state index in [9.17, 15) is 35.2 Å². The van der Waals surface area contributed by atoms with E-state index in [1.54, 1.807) is 35.2 Å². The second-order valence-corrected chi connectivity index (χ2v) is 14.5. The maximum Gasteiger partial charge on any atom is 0.294 e. The number of pyridine rings is 1. The number of carbonyl (C=O) groups excluding carboxylic acids is 2. The highest BCUT2D eigenvalue weighted by atomic mass is 32.2. The summed E-state index contributed by atoms with van der Waals surface area (Å²) in [5.41, 5.74) is 1.80. The van der Waals surface area contributed by atoms with E-state index in [-0.39, 0.29) is 28.2 Å². The summed E-state index contributed by atoms with van der Waals surface area (Å²) in [6.45, 7) is 3.27. The van der Waals surface area contributed by atoms with Crippen LogP contribution in [-0.4, -0.2) is 86.2 Å². The molecule has 0 unspecified atom stereocenters. The topological polar surface area (TPSA) is 189 Å². The molecule has 1 amide bonds. The highest BCUT2D eigenvalue weighted by molar-refractivity contribution is 7.92. The molecule has 0 bridgehead atoms. The summed E-state index contributed by atoms with van der Waals surface area (Å²) in [5.74, 6) is -1.97. The number of nitrogens with zero attached hydrogens (tertiary/aromatic N) is 5. The van der Waals surface area contributed by atoms with E-state index in [2.05, 4.69) is 19.7 Å². The van der Waals surface area contributed by atoms with E-state index in [0.29, 0.717) is 54.7 Å². The van der Waals surface area contributed by atoms with E-state index in [0.717, 1.165) is 17.5 Å². The Balaban J connectivity index is 0.000000469. The number of aromatic nitrogens is 3. The molecular formula is C35H32F2N6O8S2. The maximum absolute atomic E-state index is 14.3. The number of benzene rings is 3. The van der Waals surface area contributed by atoms with Gasteiger partial charge in [-0.1, -0.05) is 24.3 Å². The van der Waals surface area contributed by atoms with Gasteiger partial charge >= 0.3 is 0 Å². The zero-order valence-electron chi connectivity index (χ0n) is 28.2.